The summed E-state index contributed by atoms with van der Waals surface area (Å²) >= 11 is 3.40. The van der Waals surface area contributed by atoms with Crippen LogP contribution in [0.15, 0.2) is 51.9 Å². The first kappa shape index (κ1) is 17.4. The van der Waals surface area contributed by atoms with E-state index in [4.69, 9.17) is 5.11 Å². The van der Waals surface area contributed by atoms with Gasteiger partial charge in [-0.15, -0.1) is 0 Å². The summed E-state index contributed by atoms with van der Waals surface area (Å²) in [6.07, 6.45) is 7.88. The van der Waals surface area contributed by atoms with E-state index in [0.717, 1.165) is 5.56 Å². The van der Waals surface area contributed by atoms with Crippen LogP contribution in [-0.2, 0) is 16.3 Å². The molecule has 0 amide bonds. The minimum Gasteiger partial charge on any atom is -0.394 e. The Labute approximate surface area is 139 Å². The van der Waals surface area contributed by atoms with Crippen LogP contribution >= 0.6 is 15.9 Å². The summed E-state index contributed by atoms with van der Waals surface area (Å²) in [7, 11) is -3.39. The Hall–Kier alpha value is -0.950. The number of aliphatic hydroxyl groups is 2. The van der Waals surface area contributed by atoms with Crippen molar-refractivity contribution in [3.8, 4) is 0 Å². The van der Waals surface area contributed by atoms with Gasteiger partial charge in [0.25, 0.3) is 0 Å². The van der Waals surface area contributed by atoms with Crippen molar-refractivity contribution >= 4 is 25.8 Å². The molecular weight excluding hydrogens is 368 g/mol. The minimum atomic E-state index is -3.39. The van der Waals surface area contributed by atoms with Crippen molar-refractivity contribution < 1.29 is 18.6 Å². The Morgan fingerprint density at radius 3 is 2.68 bits per heavy atom. The zero-order valence-electron chi connectivity index (χ0n) is 12.0. The molecule has 1 aromatic rings. The molecule has 22 heavy (non-hydrogen) atoms. The molecule has 1 aliphatic rings. The van der Waals surface area contributed by atoms with E-state index in [1.165, 1.54) is 0 Å². The molecule has 0 heterocycles. The predicted octanol–water partition coefficient (Wildman–Crippen LogP) is 2.39. The van der Waals surface area contributed by atoms with Gasteiger partial charge >= 0.3 is 0 Å². The maximum absolute atomic E-state index is 12.6. The molecule has 0 aliphatic heterocycles. The molecule has 1 aliphatic carbocycles. The number of rotatable bonds is 6. The first-order valence-corrected chi connectivity index (χ1v) is 9.43. The van der Waals surface area contributed by atoms with Gasteiger partial charge in [-0.2, -0.15) is 0 Å². The first-order valence-electron chi connectivity index (χ1n) is 7.09. The predicted molar refractivity (Wildman–Crippen MR) is 89.4 cm³/mol. The number of aliphatic hydroxyl groups excluding tert-OH is 2. The lowest BCUT2D eigenvalue weighted by molar-refractivity contribution is 0.0885. The van der Waals surface area contributed by atoms with Gasteiger partial charge in [-0.3, -0.25) is 0 Å². The highest BCUT2D eigenvalue weighted by molar-refractivity contribution is 9.10. The molecule has 1 aromatic carbocycles. The van der Waals surface area contributed by atoms with E-state index >= 15 is 0 Å². The fraction of sp³-hybridized carbons (Fsp3) is 0.375. The van der Waals surface area contributed by atoms with E-state index < -0.39 is 21.2 Å². The topological polar surface area (TPSA) is 74.6 Å². The Bertz CT molecular complexity index is 679. The van der Waals surface area contributed by atoms with E-state index in [2.05, 4.69) is 15.9 Å². The number of halogens is 1. The maximum atomic E-state index is 12.6. The summed E-state index contributed by atoms with van der Waals surface area (Å²) < 4.78 is 25.9. The smallest absolute Gasteiger partial charge is 0.185 e. The minimum absolute atomic E-state index is 0.272. The maximum Gasteiger partial charge on any atom is 0.185 e. The summed E-state index contributed by atoms with van der Waals surface area (Å²) in [5, 5.41) is 17.7. The molecule has 2 atom stereocenters. The summed E-state index contributed by atoms with van der Waals surface area (Å²) in [6.45, 7) is -0.272. The number of hydrogen-bond donors (Lipinski definition) is 2. The summed E-state index contributed by atoms with van der Waals surface area (Å²) in [5.74, 6) is 0. The Morgan fingerprint density at radius 2 is 2.09 bits per heavy atom. The summed E-state index contributed by atoms with van der Waals surface area (Å²) in [5.41, 5.74) is 0.908. The van der Waals surface area contributed by atoms with Gasteiger partial charge in [0.1, 0.15) is 0 Å². The van der Waals surface area contributed by atoms with Gasteiger partial charge in [0.15, 0.2) is 9.84 Å². The standard InChI is InChI=1S/C16H19BrO4S/c17-16-10-15(9-7-12(16)6-8-13(19)11-18)22(20,21)14-4-2-1-3-5-14/h1-4,7,9-10,13-14,18-19H,5-6,8,11H2/t13-,14?/m0/s1. The second kappa shape index (κ2) is 7.55. The number of aryl methyl sites for hydroxylation is 1. The van der Waals surface area contributed by atoms with E-state index in [9.17, 15) is 13.5 Å². The molecule has 2 rings (SSSR count). The number of hydrogen-bond acceptors (Lipinski definition) is 4. The van der Waals surface area contributed by atoms with Crippen LogP contribution in [0.2, 0.25) is 0 Å². The van der Waals surface area contributed by atoms with E-state index in [1.54, 1.807) is 30.4 Å². The third kappa shape index (κ3) is 4.07. The zero-order valence-corrected chi connectivity index (χ0v) is 14.4. The van der Waals surface area contributed by atoms with Gasteiger partial charge in [0.05, 0.1) is 22.9 Å². The molecule has 0 bridgehead atoms. The zero-order chi connectivity index (χ0) is 16.2. The van der Waals surface area contributed by atoms with Gasteiger partial charge in [-0.05, 0) is 37.0 Å². The van der Waals surface area contributed by atoms with Crippen LogP contribution in [0, 0.1) is 0 Å². The average Bonchev–Trinajstić information content (AvgIpc) is 2.54. The highest BCUT2D eigenvalue weighted by atomic mass is 79.9. The third-order valence-electron chi connectivity index (χ3n) is 3.65. The lowest BCUT2D eigenvalue weighted by atomic mass is 10.1. The van der Waals surface area contributed by atoms with Crippen LogP contribution in [0.4, 0.5) is 0 Å². The molecule has 0 aromatic heterocycles. The van der Waals surface area contributed by atoms with E-state index in [0.29, 0.717) is 23.7 Å². The number of benzene rings is 1. The molecule has 1 unspecified atom stereocenters. The molecule has 120 valence electrons. The van der Waals surface area contributed by atoms with Crippen LogP contribution in [-0.4, -0.2) is 36.6 Å². The molecule has 0 saturated carbocycles. The van der Waals surface area contributed by atoms with Gasteiger partial charge in [0.2, 0.25) is 0 Å². The molecule has 0 spiro atoms. The highest BCUT2D eigenvalue weighted by Gasteiger charge is 2.25. The quantitative estimate of drug-likeness (QED) is 0.786. The van der Waals surface area contributed by atoms with Crippen molar-refractivity contribution in [2.24, 2.45) is 0 Å². The van der Waals surface area contributed by atoms with Gasteiger partial charge in [-0.1, -0.05) is 46.3 Å². The van der Waals surface area contributed by atoms with E-state index in [-0.39, 0.29) is 11.5 Å². The molecule has 0 saturated heterocycles. The van der Waals surface area contributed by atoms with Crippen LogP contribution in [0.25, 0.3) is 0 Å². The van der Waals surface area contributed by atoms with Crippen LogP contribution in [0.5, 0.6) is 0 Å². The summed E-state index contributed by atoms with van der Waals surface area (Å²) in [4.78, 5) is 0.288. The molecular formula is C16H19BrO4S. The molecule has 6 heteroatoms. The fourth-order valence-corrected chi connectivity index (χ4v) is 4.56. The average molecular weight is 387 g/mol. The van der Waals surface area contributed by atoms with Crippen molar-refractivity contribution in [1.82, 2.24) is 0 Å². The highest BCUT2D eigenvalue weighted by Crippen LogP contribution is 2.27. The molecule has 4 nitrogen and oxygen atoms in total. The third-order valence-corrected chi connectivity index (χ3v) is 6.45. The number of allylic oxidation sites excluding steroid dienone is 3. The Kier molecular flexibility index (Phi) is 5.97. The summed E-state index contributed by atoms with van der Waals surface area (Å²) in [6, 6.07) is 4.97. The molecule has 2 N–H and O–H groups in total. The van der Waals surface area contributed by atoms with Gasteiger partial charge < -0.3 is 10.2 Å². The van der Waals surface area contributed by atoms with Crippen molar-refractivity contribution in [2.45, 2.75) is 35.5 Å². The SMILES string of the molecule is O=S(=O)(c1ccc(CC[C@H](O)CO)c(Br)c1)C1C=CC=CC1. The second-order valence-corrected chi connectivity index (χ2v) is 8.28. The Balaban J connectivity index is 2.18. The van der Waals surface area contributed by atoms with Crippen LogP contribution in [0.1, 0.15) is 18.4 Å². The fourth-order valence-electron chi connectivity index (χ4n) is 2.28. The van der Waals surface area contributed by atoms with Crippen molar-refractivity contribution in [1.29, 1.82) is 0 Å². The van der Waals surface area contributed by atoms with Gasteiger partial charge in [0, 0.05) is 4.47 Å². The lowest BCUT2D eigenvalue weighted by Crippen LogP contribution is -2.19. The second-order valence-electron chi connectivity index (χ2n) is 5.26. The Morgan fingerprint density at radius 1 is 1.32 bits per heavy atom. The normalized spacial score (nSPS) is 19.3. The lowest BCUT2D eigenvalue weighted by Gasteiger charge is -2.15. The monoisotopic (exact) mass is 386 g/mol. The van der Waals surface area contributed by atoms with Crippen LogP contribution in [0.3, 0.4) is 0 Å². The van der Waals surface area contributed by atoms with Crippen molar-refractivity contribution in [2.75, 3.05) is 6.61 Å². The van der Waals surface area contributed by atoms with Gasteiger partial charge in [-0.25, -0.2) is 8.42 Å². The first-order chi connectivity index (χ1) is 10.4. The van der Waals surface area contributed by atoms with Crippen LogP contribution < -0.4 is 0 Å². The van der Waals surface area contributed by atoms with E-state index in [1.807, 2.05) is 12.2 Å². The number of sulfone groups is 1. The largest absolute Gasteiger partial charge is 0.394 e. The van der Waals surface area contributed by atoms with Crippen molar-refractivity contribution in [3.05, 3.63) is 52.5 Å². The molecule has 0 fully saturated rings. The van der Waals surface area contributed by atoms with Crippen molar-refractivity contribution in [3.63, 3.8) is 0 Å². The molecule has 0 radical (unpaired) electrons.